The van der Waals surface area contributed by atoms with Gasteiger partial charge in [0, 0.05) is 25.5 Å². The van der Waals surface area contributed by atoms with Crippen LogP contribution in [0.3, 0.4) is 0 Å². The number of imidazole rings is 1. The number of aromatic nitrogens is 2. The molecular weight excluding hydrogens is 533 g/mol. The predicted octanol–water partition coefficient (Wildman–Crippen LogP) is 4.15. The predicted molar refractivity (Wildman–Crippen MR) is 137 cm³/mol. The van der Waals surface area contributed by atoms with Crippen molar-refractivity contribution in [3.63, 3.8) is 0 Å². The maximum atomic E-state index is 14.1. The second-order valence-electron chi connectivity index (χ2n) is 10.4. The topological polar surface area (TPSA) is 91.5 Å². The Morgan fingerprint density at radius 3 is 2.56 bits per heavy atom. The molecule has 2 aliphatic heterocycles. The molecule has 1 saturated carbocycles. The highest BCUT2D eigenvalue weighted by Crippen LogP contribution is 2.46. The van der Waals surface area contributed by atoms with Crippen LogP contribution in [0.1, 0.15) is 48.3 Å². The van der Waals surface area contributed by atoms with Crippen LogP contribution in [0.15, 0.2) is 57.7 Å². The van der Waals surface area contributed by atoms with E-state index >= 15 is 0 Å². The average molecular weight is 561 g/mol. The third-order valence-electron chi connectivity index (χ3n) is 7.84. The van der Waals surface area contributed by atoms with Gasteiger partial charge in [0.05, 0.1) is 40.6 Å². The lowest BCUT2D eigenvalue weighted by Gasteiger charge is -2.34. The summed E-state index contributed by atoms with van der Waals surface area (Å²) in [6, 6.07) is 8.17. The second kappa shape index (κ2) is 9.40. The van der Waals surface area contributed by atoms with E-state index in [1.807, 2.05) is 23.8 Å². The summed E-state index contributed by atoms with van der Waals surface area (Å²) in [5, 5.41) is 8.34. The van der Waals surface area contributed by atoms with Crippen LogP contribution in [0.4, 0.5) is 13.2 Å². The molecule has 13 heteroatoms. The van der Waals surface area contributed by atoms with Gasteiger partial charge in [-0.2, -0.15) is 17.5 Å². The number of pyridine rings is 1. The molecule has 1 aromatic carbocycles. The Hall–Kier alpha value is -3.32. The van der Waals surface area contributed by atoms with Crippen molar-refractivity contribution in [2.45, 2.75) is 44.3 Å². The molecule has 6 rings (SSSR count). The van der Waals surface area contributed by atoms with Crippen molar-refractivity contribution in [2.24, 2.45) is 16.1 Å². The van der Waals surface area contributed by atoms with E-state index in [4.69, 9.17) is 0 Å². The molecule has 0 amide bonds. The van der Waals surface area contributed by atoms with Crippen molar-refractivity contribution < 1.29 is 26.2 Å². The molecule has 9 nitrogen and oxygen atoms in total. The number of hydrogen-bond acceptors (Lipinski definition) is 5. The summed E-state index contributed by atoms with van der Waals surface area (Å²) in [5.41, 5.74) is -0.514. The molecule has 1 aliphatic carbocycles. The fraction of sp³-hybridized carbons (Fsp3) is 0.423. The molecule has 1 saturated heterocycles. The number of likely N-dealkylation sites (N-methyl/N-ethyl adjacent to an activating group) is 1. The fourth-order valence-corrected chi connectivity index (χ4v) is 7.17. The van der Waals surface area contributed by atoms with Gasteiger partial charge in [-0.25, -0.2) is 17.8 Å². The van der Waals surface area contributed by atoms with Crippen molar-refractivity contribution >= 4 is 21.9 Å². The fourth-order valence-electron chi connectivity index (χ4n) is 5.66. The van der Waals surface area contributed by atoms with Crippen LogP contribution in [0, 0.1) is 12.1 Å². The molecule has 205 valence electrons. The monoisotopic (exact) mass is 560 g/mol. The lowest BCUT2D eigenvalue weighted by Crippen LogP contribution is -2.29. The number of sulfonamides is 1. The van der Waals surface area contributed by atoms with E-state index in [9.17, 15) is 26.4 Å². The van der Waals surface area contributed by atoms with Gasteiger partial charge >= 0.3 is 24.4 Å². The molecule has 0 bridgehead atoms. The second-order valence-corrected chi connectivity index (χ2v) is 12.5. The molecule has 2 fully saturated rings. The largest absolute Gasteiger partial charge is 0.418 e. The number of benzene rings is 1. The smallest absolute Gasteiger partial charge is 0.267 e. The van der Waals surface area contributed by atoms with E-state index in [0.717, 1.165) is 45.8 Å². The number of rotatable bonds is 6. The first-order chi connectivity index (χ1) is 18.5. The van der Waals surface area contributed by atoms with Crippen molar-refractivity contribution in [3.05, 3.63) is 76.1 Å². The number of nitrogens with zero attached hydrogens (tertiary/aromatic N) is 6. The summed E-state index contributed by atoms with van der Waals surface area (Å²) >= 11 is 0. The summed E-state index contributed by atoms with van der Waals surface area (Å²) in [7, 11) is -1.65. The Labute approximate surface area is 222 Å². The molecule has 0 unspecified atom stereocenters. The van der Waals surface area contributed by atoms with Crippen LogP contribution in [-0.4, -0.2) is 52.0 Å². The third kappa shape index (κ3) is 4.61. The summed E-state index contributed by atoms with van der Waals surface area (Å²) < 4.78 is 72.1. The van der Waals surface area contributed by atoms with E-state index in [2.05, 4.69) is 10.2 Å². The SMILES string of the molecule is C[N+]1=CN=N[C]1[C@@H](c1cccc(-n2cc3c(C(F)(F)F)cc(CN4CCCS4(=O)=O)cn3c2=O)c1)C1CCC1. The molecule has 3 aromatic rings. The van der Waals surface area contributed by atoms with Gasteiger partial charge in [0.1, 0.15) is 0 Å². The molecule has 4 heterocycles. The van der Waals surface area contributed by atoms with Gasteiger partial charge in [-0.3, -0.25) is 8.97 Å². The third-order valence-corrected chi connectivity index (χ3v) is 9.75. The van der Waals surface area contributed by atoms with E-state index in [1.165, 1.54) is 17.0 Å². The number of azo groups is 1. The highest BCUT2D eigenvalue weighted by atomic mass is 32.2. The van der Waals surface area contributed by atoms with Gasteiger partial charge in [0.2, 0.25) is 10.0 Å². The highest BCUT2D eigenvalue weighted by molar-refractivity contribution is 7.89. The lowest BCUT2D eigenvalue weighted by molar-refractivity contribution is -0.480. The lowest BCUT2D eigenvalue weighted by atomic mass is 9.71. The zero-order valence-electron chi connectivity index (χ0n) is 21.2. The maximum Gasteiger partial charge on any atom is 0.418 e. The molecule has 0 N–H and O–H groups in total. The molecular formula is C26H27F3N6O3S+. The first-order valence-corrected chi connectivity index (χ1v) is 14.4. The number of fused-ring (bicyclic) bond motifs is 1. The van der Waals surface area contributed by atoms with E-state index in [-0.39, 0.29) is 35.8 Å². The van der Waals surface area contributed by atoms with E-state index < -0.39 is 27.5 Å². The van der Waals surface area contributed by atoms with E-state index in [0.29, 0.717) is 18.0 Å². The van der Waals surface area contributed by atoms with Gasteiger partial charge in [0.25, 0.3) is 0 Å². The van der Waals surface area contributed by atoms with Gasteiger partial charge in [-0.15, -0.1) is 0 Å². The number of hydrogen-bond donors (Lipinski definition) is 0. The molecule has 1 radical (unpaired) electrons. The van der Waals surface area contributed by atoms with Gasteiger partial charge in [-0.1, -0.05) is 18.6 Å². The summed E-state index contributed by atoms with van der Waals surface area (Å²) in [6.07, 6.45) is 3.78. The summed E-state index contributed by atoms with van der Waals surface area (Å²) in [6.45, 7) is 0.00727. The Balaban J connectivity index is 1.44. The van der Waals surface area contributed by atoms with Crippen molar-refractivity contribution in [1.82, 2.24) is 13.3 Å². The van der Waals surface area contributed by atoms with E-state index in [1.54, 1.807) is 18.5 Å². The Morgan fingerprint density at radius 1 is 1.15 bits per heavy atom. The molecule has 2 aromatic heterocycles. The minimum Gasteiger partial charge on any atom is -0.267 e. The van der Waals surface area contributed by atoms with Crippen molar-refractivity contribution in [3.8, 4) is 5.69 Å². The van der Waals surface area contributed by atoms with Gasteiger partial charge in [0.15, 0.2) is 0 Å². The van der Waals surface area contributed by atoms with Crippen LogP contribution < -0.4 is 5.69 Å². The Morgan fingerprint density at radius 2 is 1.95 bits per heavy atom. The average Bonchev–Trinajstić information content (AvgIpc) is 3.52. The molecule has 3 aliphatic rings. The van der Waals surface area contributed by atoms with Crippen LogP contribution in [0.5, 0.6) is 0 Å². The maximum absolute atomic E-state index is 14.1. The summed E-state index contributed by atoms with van der Waals surface area (Å²) in [5.74, 6) is 0.262. The number of alkyl halides is 3. The normalized spacial score (nSPS) is 21.0. The van der Waals surface area contributed by atoms with Crippen molar-refractivity contribution in [2.75, 3.05) is 19.3 Å². The zero-order valence-corrected chi connectivity index (χ0v) is 22.0. The minimum absolute atomic E-state index is 0.0375. The summed E-state index contributed by atoms with van der Waals surface area (Å²) in [4.78, 5) is 13.5. The van der Waals surface area contributed by atoms with Gasteiger partial charge in [-0.05, 0) is 59.6 Å². The number of halogens is 3. The first-order valence-electron chi connectivity index (χ1n) is 12.8. The van der Waals surface area contributed by atoms with Crippen molar-refractivity contribution in [1.29, 1.82) is 0 Å². The molecule has 39 heavy (non-hydrogen) atoms. The standard InChI is InChI=1S/C26H27F3N6O3S/c1-32-16-30-31-24(32)23(18-5-2-6-18)19-7-3-8-20(12-19)34-15-22-21(26(27,28)29)11-17(14-35(22)25(34)36)13-33-9-4-10-39(33,37)38/h3,7-8,11-12,14-16,18,23H,2,4-6,9-10,13H2,1H3/q+1/t23-/m1/s1. The van der Waals surface area contributed by atoms with Crippen LogP contribution in [-0.2, 0) is 22.7 Å². The van der Waals surface area contributed by atoms with Crippen LogP contribution in [0.2, 0.25) is 0 Å². The van der Waals surface area contributed by atoms with Gasteiger partial charge < -0.3 is 0 Å². The van der Waals surface area contributed by atoms with Crippen LogP contribution >= 0.6 is 0 Å². The Bertz CT molecular complexity index is 1670. The highest BCUT2D eigenvalue weighted by Gasteiger charge is 2.42. The van der Waals surface area contributed by atoms with Crippen LogP contribution in [0.25, 0.3) is 11.2 Å². The quantitative estimate of drug-likeness (QED) is 0.424. The first kappa shape index (κ1) is 25.9. The molecule has 1 atom stereocenters. The minimum atomic E-state index is -4.74. The molecule has 0 spiro atoms. The Kier molecular flexibility index (Phi) is 6.25. The zero-order chi connectivity index (χ0) is 27.5.